The van der Waals surface area contributed by atoms with Gasteiger partial charge >= 0.3 is 0 Å². The van der Waals surface area contributed by atoms with E-state index in [0.717, 1.165) is 12.0 Å². The molecule has 0 fully saturated rings. The topological polar surface area (TPSA) is 12.0 Å². The standard InChI is InChI=1S/C17H19BrFN/c1-11-4-5-13(8-12(11)2)9-17(20-3)14-6-7-16(19)15(18)10-14/h4-8,10,17,20H,9H2,1-3H3. The van der Waals surface area contributed by atoms with E-state index in [0.29, 0.717) is 4.47 Å². The van der Waals surface area contributed by atoms with Crippen molar-refractivity contribution in [1.29, 1.82) is 0 Å². The third-order valence-electron chi connectivity index (χ3n) is 3.71. The van der Waals surface area contributed by atoms with Crippen molar-refractivity contribution in [2.24, 2.45) is 0 Å². The van der Waals surface area contributed by atoms with E-state index in [4.69, 9.17) is 0 Å². The second kappa shape index (κ2) is 6.51. The number of likely N-dealkylation sites (N-methyl/N-ethyl adjacent to an activating group) is 1. The molecular formula is C17H19BrFN. The second-order valence-corrected chi connectivity index (χ2v) is 5.99. The zero-order valence-electron chi connectivity index (χ0n) is 12.0. The van der Waals surface area contributed by atoms with Gasteiger partial charge in [-0.15, -0.1) is 0 Å². The first-order valence-corrected chi connectivity index (χ1v) is 7.49. The van der Waals surface area contributed by atoms with E-state index in [1.165, 1.54) is 22.8 Å². The highest BCUT2D eigenvalue weighted by Crippen LogP contribution is 2.24. The van der Waals surface area contributed by atoms with Crippen molar-refractivity contribution >= 4 is 15.9 Å². The van der Waals surface area contributed by atoms with Crippen LogP contribution in [0.1, 0.15) is 28.3 Å². The number of rotatable bonds is 4. The largest absolute Gasteiger partial charge is 0.313 e. The number of hydrogen-bond donors (Lipinski definition) is 1. The van der Waals surface area contributed by atoms with Crippen LogP contribution >= 0.6 is 15.9 Å². The van der Waals surface area contributed by atoms with Crippen LogP contribution in [0.3, 0.4) is 0 Å². The molecule has 2 aromatic rings. The van der Waals surface area contributed by atoms with Crippen LogP contribution in [-0.4, -0.2) is 7.05 Å². The Hall–Kier alpha value is -1.19. The predicted molar refractivity (Wildman–Crippen MR) is 85.5 cm³/mol. The van der Waals surface area contributed by atoms with Crippen LogP contribution in [0.4, 0.5) is 4.39 Å². The summed E-state index contributed by atoms with van der Waals surface area (Å²) in [6, 6.07) is 11.9. The lowest BCUT2D eigenvalue weighted by Crippen LogP contribution is -2.19. The highest BCUT2D eigenvalue weighted by Gasteiger charge is 2.12. The summed E-state index contributed by atoms with van der Waals surface area (Å²) in [6.07, 6.45) is 0.885. The molecule has 0 aromatic heterocycles. The number of hydrogen-bond acceptors (Lipinski definition) is 1. The summed E-state index contributed by atoms with van der Waals surface area (Å²) >= 11 is 3.25. The van der Waals surface area contributed by atoms with Crippen LogP contribution in [0.15, 0.2) is 40.9 Å². The summed E-state index contributed by atoms with van der Waals surface area (Å²) in [4.78, 5) is 0. The van der Waals surface area contributed by atoms with Gasteiger partial charge in [-0.1, -0.05) is 24.3 Å². The quantitative estimate of drug-likeness (QED) is 0.853. The normalized spacial score (nSPS) is 12.4. The SMILES string of the molecule is CNC(Cc1ccc(C)c(C)c1)c1ccc(F)c(Br)c1. The van der Waals surface area contributed by atoms with Gasteiger partial charge in [0.05, 0.1) is 4.47 Å². The summed E-state index contributed by atoms with van der Waals surface area (Å²) in [5.41, 5.74) is 4.98. The molecule has 0 bridgehead atoms. The number of benzene rings is 2. The molecule has 106 valence electrons. The van der Waals surface area contributed by atoms with Gasteiger partial charge < -0.3 is 5.32 Å². The van der Waals surface area contributed by atoms with Crippen molar-refractivity contribution in [2.75, 3.05) is 7.05 Å². The van der Waals surface area contributed by atoms with Crippen molar-refractivity contribution in [3.05, 3.63) is 68.9 Å². The first-order chi connectivity index (χ1) is 9.51. The van der Waals surface area contributed by atoms with Crippen LogP contribution in [0, 0.1) is 19.7 Å². The highest BCUT2D eigenvalue weighted by molar-refractivity contribution is 9.10. The van der Waals surface area contributed by atoms with Crippen LogP contribution in [0.5, 0.6) is 0 Å². The Bertz CT molecular complexity index is 610. The summed E-state index contributed by atoms with van der Waals surface area (Å²) < 4.78 is 13.8. The molecule has 0 saturated carbocycles. The van der Waals surface area contributed by atoms with Crippen molar-refractivity contribution < 1.29 is 4.39 Å². The molecule has 0 aliphatic carbocycles. The summed E-state index contributed by atoms with van der Waals surface area (Å²) in [5, 5.41) is 3.30. The van der Waals surface area contributed by atoms with Gasteiger partial charge in [0.15, 0.2) is 0 Å². The molecule has 2 aromatic carbocycles. The maximum atomic E-state index is 13.3. The maximum Gasteiger partial charge on any atom is 0.137 e. The molecule has 1 unspecified atom stereocenters. The molecule has 0 radical (unpaired) electrons. The van der Waals surface area contributed by atoms with Crippen LogP contribution < -0.4 is 5.32 Å². The Balaban J connectivity index is 2.23. The van der Waals surface area contributed by atoms with Crippen molar-refractivity contribution in [1.82, 2.24) is 5.32 Å². The Labute approximate surface area is 128 Å². The highest BCUT2D eigenvalue weighted by atomic mass is 79.9. The zero-order chi connectivity index (χ0) is 14.7. The van der Waals surface area contributed by atoms with Gasteiger partial charge in [-0.05, 0) is 77.6 Å². The molecule has 20 heavy (non-hydrogen) atoms. The monoisotopic (exact) mass is 335 g/mol. The lowest BCUT2D eigenvalue weighted by molar-refractivity contribution is 0.583. The predicted octanol–water partition coefficient (Wildman–Crippen LogP) is 4.71. The number of aryl methyl sites for hydroxylation is 2. The average molecular weight is 336 g/mol. The van der Waals surface area contributed by atoms with Gasteiger partial charge in [0.25, 0.3) is 0 Å². The van der Waals surface area contributed by atoms with E-state index in [9.17, 15) is 4.39 Å². The molecule has 1 atom stereocenters. The molecule has 0 amide bonds. The number of nitrogens with one attached hydrogen (secondary N) is 1. The van der Waals surface area contributed by atoms with Crippen molar-refractivity contribution in [3.8, 4) is 0 Å². The first kappa shape index (κ1) is 15.2. The Morgan fingerprint density at radius 1 is 1.10 bits per heavy atom. The van der Waals surface area contributed by atoms with Crippen LogP contribution in [-0.2, 0) is 6.42 Å². The summed E-state index contributed by atoms with van der Waals surface area (Å²) in [6.45, 7) is 4.24. The fourth-order valence-corrected chi connectivity index (χ4v) is 2.68. The van der Waals surface area contributed by atoms with Crippen molar-refractivity contribution in [3.63, 3.8) is 0 Å². The Morgan fingerprint density at radius 2 is 1.85 bits per heavy atom. The Morgan fingerprint density at radius 3 is 2.45 bits per heavy atom. The molecule has 0 spiro atoms. The minimum Gasteiger partial charge on any atom is -0.313 e. The molecular weight excluding hydrogens is 317 g/mol. The molecule has 0 saturated heterocycles. The molecule has 0 aliphatic rings. The minimum atomic E-state index is -0.227. The smallest absolute Gasteiger partial charge is 0.137 e. The van der Waals surface area contributed by atoms with E-state index in [2.05, 4.69) is 53.3 Å². The summed E-state index contributed by atoms with van der Waals surface area (Å²) in [7, 11) is 1.93. The van der Waals surface area contributed by atoms with E-state index in [-0.39, 0.29) is 11.9 Å². The lowest BCUT2D eigenvalue weighted by atomic mass is 9.96. The third-order valence-corrected chi connectivity index (χ3v) is 4.31. The third kappa shape index (κ3) is 3.47. The summed E-state index contributed by atoms with van der Waals surface area (Å²) in [5.74, 6) is -0.227. The fraction of sp³-hybridized carbons (Fsp3) is 0.294. The van der Waals surface area contributed by atoms with E-state index in [1.54, 1.807) is 0 Å². The van der Waals surface area contributed by atoms with Gasteiger partial charge in [0.1, 0.15) is 5.82 Å². The van der Waals surface area contributed by atoms with Crippen LogP contribution in [0.2, 0.25) is 0 Å². The first-order valence-electron chi connectivity index (χ1n) is 6.69. The maximum absolute atomic E-state index is 13.3. The molecule has 3 heteroatoms. The van der Waals surface area contributed by atoms with Gasteiger partial charge in [-0.3, -0.25) is 0 Å². The molecule has 0 heterocycles. The van der Waals surface area contributed by atoms with Gasteiger partial charge in [0, 0.05) is 6.04 Å². The Kier molecular flexibility index (Phi) is 4.95. The van der Waals surface area contributed by atoms with Gasteiger partial charge in [-0.25, -0.2) is 4.39 Å². The minimum absolute atomic E-state index is 0.175. The van der Waals surface area contributed by atoms with Gasteiger partial charge in [-0.2, -0.15) is 0 Å². The van der Waals surface area contributed by atoms with Crippen LogP contribution in [0.25, 0.3) is 0 Å². The van der Waals surface area contributed by atoms with E-state index >= 15 is 0 Å². The molecule has 2 rings (SSSR count). The second-order valence-electron chi connectivity index (χ2n) is 5.14. The fourth-order valence-electron chi connectivity index (χ4n) is 2.28. The van der Waals surface area contributed by atoms with Crippen molar-refractivity contribution in [2.45, 2.75) is 26.3 Å². The van der Waals surface area contributed by atoms with Gasteiger partial charge in [0.2, 0.25) is 0 Å². The van der Waals surface area contributed by atoms with E-state index < -0.39 is 0 Å². The average Bonchev–Trinajstić information content (AvgIpc) is 2.43. The molecule has 1 nitrogen and oxygen atoms in total. The zero-order valence-corrected chi connectivity index (χ0v) is 13.6. The molecule has 0 aliphatic heterocycles. The van der Waals surface area contributed by atoms with E-state index in [1.807, 2.05) is 19.2 Å². The lowest BCUT2D eigenvalue weighted by Gasteiger charge is -2.18. The molecule has 1 N–H and O–H groups in total. The number of halogens is 2.